The number of anilines is 1. The summed E-state index contributed by atoms with van der Waals surface area (Å²) in [6.07, 6.45) is 8.97. The van der Waals surface area contributed by atoms with E-state index in [0.29, 0.717) is 22.7 Å². The van der Waals surface area contributed by atoms with Crippen molar-refractivity contribution in [2.24, 2.45) is 9.98 Å². The van der Waals surface area contributed by atoms with Gasteiger partial charge in [-0.3, -0.25) is 9.79 Å². The van der Waals surface area contributed by atoms with Gasteiger partial charge >= 0.3 is 0 Å². The van der Waals surface area contributed by atoms with Crippen molar-refractivity contribution >= 4 is 28.7 Å². The van der Waals surface area contributed by atoms with Crippen LogP contribution in [0.2, 0.25) is 0 Å². The van der Waals surface area contributed by atoms with E-state index in [2.05, 4.69) is 34.5 Å². The third-order valence-electron chi connectivity index (χ3n) is 5.99. The van der Waals surface area contributed by atoms with Crippen LogP contribution in [-0.4, -0.2) is 23.5 Å². The molecule has 0 heterocycles. The Labute approximate surface area is 219 Å². The number of aliphatic imine (C=N–C) groups is 2. The molecule has 2 aromatic rings. The zero-order valence-electron chi connectivity index (χ0n) is 22.7. The number of rotatable bonds is 11. The summed E-state index contributed by atoms with van der Waals surface area (Å²) < 4.78 is 28.3. The number of benzene rings is 2. The molecule has 1 amide bonds. The highest BCUT2D eigenvalue weighted by atomic mass is 19.2. The average Bonchev–Trinajstić information content (AvgIpc) is 2.90. The topological polar surface area (TPSA) is 65.8 Å². The molecule has 1 atom stereocenters. The summed E-state index contributed by atoms with van der Waals surface area (Å²) >= 11 is 0. The monoisotopic (exact) mass is 508 g/mol. The first kappa shape index (κ1) is 29.6. The number of carbonyl (C=O) groups is 1. The molecule has 0 spiro atoms. The Kier molecular flexibility index (Phi) is 11.9. The molecule has 2 aromatic carbocycles. The van der Waals surface area contributed by atoms with Crippen molar-refractivity contribution in [3.05, 3.63) is 83.2 Å². The van der Waals surface area contributed by atoms with Crippen molar-refractivity contribution in [2.75, 3.05) is 5.32 Å². The molecule has 0 radical (unpaired) electrons. The Morgan fingerprint density at radius 2 is 1.73 bits per heavy atom. The molecule has 0 fully saturated rings. The largest absolute Gasteiger partial charge is 0.349 e. The van der Waals surface area contributed by atoms with Gasteiger partial charge in [0, 0.05) is 35.3 Å². The van der Waals surface area contributed by atoms with E-state index in [-0.39, 0.29) is 23.1 Å². The van der Waals surface area contributed by atoms with E-state index in [4.69, 9.17) is 0 Å². The molecule has 0 saturated heterocycles. The number of hydrogen-bond donors (Lipinski definition) is 2. The summed E-state index contributed by atoms with van der Waals surface area (Å²) in [5.41, 5.74) is 2.77. The maximum Gasteiger partial charge on any atom is 0.251 e. The molecule has 37 heavy (non-hydrogen) atoms. The molecule has 0 saturated carbocycles. The van der Waals surface area contributed by atoms with E-state index in [9.17, 15) is 13.6 Å². The second-order valence-electron chi connectivity index (χ2n) is 8.97. The SMILES string of the molecule is C/C=C\N=C(Nc1ccc(C(=O)NC(CC)CCCC)cc1)C(C)=N/C=C(\C)c1ccc(C)c(F)c1F. The van der Waals surface area contributed by atoms with Crippen LogP contribution in [-0.2, 0) is 0 Å². The van der Waals surface area contributed by atoms with Crippen LogP contribution in [0.3, 0.4) is 0 Å². The number of amidine groups is 1. The van der Waals surface area contributed by atoms with Gasteiger partial charge in [0.25, 0.3) is 5.91 Å². The molecule has 2 rings (SSSR count). The van der Waals surface area contributed by atoms with Crippen LogP contribution in [0.1, 0.15) is 81.8 Å². The van der Waals surface area contributed by atoms with Crippen molar-refractivity contribution in [3.8, 4) is 0 Å². The van der Waals surface area contributed by atoms with E-state index < -0.39 is 11.6 Å². The van der Waals surface area contributed by atoms with Crippen molar-refractivity contribution in [1.82, 2.24) is 5.32 Å². The third-order valence-corrected chi connectivity index (χ3v) is 5.99. The minimum absolute atomic E-state index is 0.0876. The maximum atomic E-state index is 14.3. The molecule has 0 aliphatic carbocycles. The number of halogens is 2. The molecular formula is C30H38F2N4O. The summed E-state index contributed by atoms with van der Waals surface area (Å²) in [7, 11) is 0. The van der Waals surface area contributed by atoms with Crippen LogP contribution in [0.15, 0.2) is 64.9 Å². The first-order valence-corrected chi connectivity index (χ1v) is 12.7. The molecule has 5 nitrogen and oxygen atoms in total. The quantitative estimate of drug-likeness (QED) is 0.240. The number of hydrogen-bond acceptors (Lipinski definition) is 3. The van der Waals surface area contributed by atoms with Gasteiger partial charge in [0.2, 0.25) is 0 Å². The van der Waals surface area contributed by atoms with Gasteiger partial charge in [0.05, 0.1) is 5.71 Å². The third kappa shape index (κ3) is 8.77. The van der Waals surface area contributed by atoms with Crippen LogP contribution in [0.25, 0.3) is 5.57 Å². The van der Waals surface area contributed by atoms with E-state index in [1.165, 1.54) is 13.1 Å². The molecule has 2 N–H and O–H groups in total. The fourth-order valence-electron chi connectivity index (χ4n) is 3.58. The number of aryl methyl sites for hydroxylation is 1. The number of carbonyl (C=O) groups excluding carboxylic acids is 1. The molecule has 7 heteroatoms. The Balaban J connectivity index is 2.19. The van der Waals surface area contributed by atoms with E-state index in [1.54, 1.807) is 50.4 Å². The minimum Gasteiger partial charge on any atom is -0.349 e. The van der Waals surface area contributed by atoms with Crippen LogP contribution in [0.4, 0.5) is 14.5 Å². The molecule has 0 aromatic heterocycles. The average molecular weight is 509 g/mol. The van der Waals surface area contributed by atoms with Gasteiger partial charge in [-0.1, -0.05) is 44.9 Å². The Bertz CT molecular complexity index is 1180. The van der Waals surface area contributed by atoms with Crippen LogP contribution in [0.5, 0.6) is 0 Å². The van der Waals surface area contributed by atoms with Crippen LogP contribution < -0.4 is 10.6 Å². The highest BCUT2D eigenvalue weighted by molar-refractivity contribution is 6.45. The van der Waals surface area contributed by atoms with Crippen LogP contribution >= 0.6 is 0 Å². The summed E-state index contributed by atoms with van der Waals surface area (Å²) in [4.78, 5) is 21.5. The molecule has 1 unspecified atom stereocenters. The van der Waals surface area contributed by atoms with Gasteiger partial charge in [0.1, 0.15) is 0 Å². The zero-order valence-corrected chi connectivity index (χ0v) is 22.7. The van der Waals surface area contributed by atoms with Crippen molar-refractivity contribution < 1.29 is 13.6 Å². The fourth-order valence-corrected chi connectivity index (χ4v) is 3.58. The second-order valence-corrected chi connectivity index (χ2v) is 8.97. The molecule has 0 bridgehead atoms. The van der Waals surface area contributed by atoms with Gasteiger partial charge in [-0.25, -0.2) is 13.8 Å². The van der Waals surface area contributed by atoms with Crippen LogP contribution in [0, 0.1) is 18.6 Å². The molecular weight excluding hydrogens is 470 g/mol. The highest BCUT2D eigenvalue weighted by Crippen LogP contribution is 2.22. The first-order chi connectivity index (χ1) is 17.7. The van der Waals surface area contributed by atoms with E-state index in [1.807, 2.05) is 19.1 Å². The minimum atomic E-state index is -0.887. The highest BCUT2D eigenvalue weighted by Gasteiger charge is 2.13. The standard InChI is InChI=1S/C30H38F2N4O/c1-7-10-11-24(9-3)36-30(37)23-13-15-25(16-14-23)35-29(33-18-8-2)22(6)34-19-21(5)26-17-12-20(4)27(31)28(26)32/h8,12-19,24H,7,9-11H2,1-6H3,(H,33,35)(H,36,37)/b18-8-,21-19+,34-22?. The van der Waals surface area contributed by atoms with Gasteiger partial charge in [-0.05, 0) is 75.9 Å². The smallest absolute Gasteiger partial charge is 0.251 e. The first-order valence-electron chi connectivity index (χ1n) is 12.7. The normalized spacial score (nSPS) is 13.7. The predicted molar refractivity (Wildman–Crippen MR) is 151 cm³/mol. The van der Waals surface area contributed by atoms with E-state index in [0.717, 1.165) is 31.4 Å². The molecule has 0 aliphatic rings. The number of allylic oxidation sites excluding steroid dienone is 2. The lowest BCUT2D eigenvalue weighted by molar-refractivity contribution is 0.0933. The van der Waals surface area contributed by atoms with Gasteiger partial charge in [-0.15, -0.1) is 0 Å². The Hall–Kier alpha value is -3.61. The van der Waals surface area contributed by atoms with Gasteiger partial charge < -0.3 is 10.6 Å². The summed E-state index contributed by atoms with van der Waals surface area (Å²) in [5, 5.41) is 6.33. The number of nitrogens with zero attached hydrogens (tertiary/aromatic N) is 2. The number of amides is 1. The van der Waals surface area contributed by atoms with E-state index >= 15 is 0 Å². The lowest BCUT2D eigenvalue weighted by Crippen LogP contribution is -2.34. The lowest BCUT2D eigenvalue weighted by Gasteiger charge is -2.17. The van der Waals surface area contributed by atoms with Gasteiger partial charge in [0.15, 0.2) is 17.5 Å². The molecule has 198 valence electrons. The van der Waals surface area contributed by atoms with Crippen molar-refractivity contribution in [2.45, 2.75) is 73.3 Å². The summed E-state index contributed by atoms with van der Waals surface area (Å²) in [6.45, 7) is 11.0. The summed E-state index contributed by atoms with van der Waals surface area (Å²) in [5.74, 6) is -1.34. The Morgan fingerprint density at radius 1 is 1.03 bits per heavy atom. The lowest BCUT2D eigenvalue weighted by atomic mass is 10.1. The fraction of sp³-hybridized carbons (Fsp3) is 0.367. The predicted octanol–water partition coefficient (Wildman–Crippen LogP) is 7.84. The maximum absolute atomic E-state index is 14.3. The number of nitrogens with one attached hydrogen (secondary N) is 2. The summed E-state index contributed by atoms with van der Waals surface area (Å²) in [6, 6.07) is 10.4. The van der Waals surface area contributed by atoms with Crippen molar-refractivity contribution in [3.63, 3.8) is 0 Å². The molecule has 0 aliphatic heterocycles. The zero-order chi connectivity index (χ0) is 27.4. The Morgan fingerprint density at radius 3 is 2.35 bits per heavy atom. The van der Waals surface area contributed by atoms with Gasteiger partial charge in [-0.2, -0.15) is 0 Å². The second kappa shape index (κ2) is 14.8. The number of unbranched alkanes of at least 4 members (excludes halogenated alkanes) is 1. The van der Waals surface area contributed by atoms with Crippen molar-refractivity contribution in [1.29, 1.82) is 0 Å².